The quantitative estimate of drug-likeness (QED) is 0.400. The Bertz CT molecular complexity index is 535. The number of aliphatic carboxylic acids is 1. The van der Waals surface area contributed by atoms with Gasteiger partial charge in [-0.15, -0.1) is 0 Å². The van der Waals surface area contributed by atoms with E-state index in [1.807, 2.05) is 0 Å². The number of aliphatic hydroxyl groups excluding tert-OH is 1. The molecule has 1 aromatic rings. The molecule has 8 nitrogen and oxygen atoms in total. The molecule has 0 spiro atoms. The molecule has 8 heteroatoms. The minimum Gasteiger partial charge on any atom is -0.480 e. The highest BCUT2D eigenvalue weighted by Crippen LogP contribution is 2.13. The predicted molar refractivity (Wildman–Crippen MR) is 82.3 cm³/mol. The first-order valence-corrected chi connectivity index (χ1v) is 7.18. The molecule has 6 N–H and O–H groups in total. The summed E-state index contributed by atoms with van der Waals surface area (Å²) in [4.78, 5) is 35.0. The lowest BCUT2D eigenvalue weighted by Gasteiger charge is -2.21. The summed E-state index contributed by atoms with van der Waals surface area (Å²) in [6, 6.07) is 6.18. The first-order chi connectivity index (χ1) is 11.0. The van der Waals surface area contributed by atoms with Crippen LogP contribution in [0.5, 0.6) is 0 Å². The van der Waals surface area contributed by atoms with Gasteiger partial charge in [-0.2, -0.15) is 0 Å². The molecule has 2 unspecified atom stereocenters. The number of benzene rings is 1. The summed E-state index contributed by atoms with van der Waals surface area (Å²) >= 11 is 0. The highest BCUT2D eigenvalue weighted by molar-refractivity contribution is 5.91. The third-order valence-electron chi connectivity index (χ3n) is 3.16. The topological polar surface area (TPSA) is 142 Å². The summed E-state index contributed by atoms with van der Waals surface area (Å²) in [6.07, 6.45) is 0.628. The van der Waals surface area contributed by atoms with Gasteiger partial charge in [0.05, 0.1) is 0 Å². The number of carboxylic acids is 1. The lowest BCUT2D eigenvalue weighted by Crippen LogP contribution is -2.47. The smallest absolute Gasteiger partial charge is 0.326 e. The van der Waals surface area contributed by atoms with Crippen molar-refractivity contribution < 1.29 is 24.6 Å². The Morgan fingerprint density at radius 2 is 1.78 bits per heavy atom. The molecular formula is C15H21N3O5. The average Bonchev–Trinajstić information content (AvgIpc) is 2.56. The van der Waals surface area contributed by atoms with Gasteiger partial charge < -0.3 is 26.6 Å². The summed E-state index contributed by atoms with van der Waals surface area (Å²) in [5.74, 6) is -2.57. The number of nitrogens with one attached hydrogen (secondary N) is 2. The van der Waals surface area contributed by atoms with Crippen LogP contribution in [0.3, 0.4) is 0 Å². The van der Waals surface area contributed by atoms with Crippen molar-refractivity contribution in [1.29, 1.82) is 0 Å². The van der Waals surface area contributed by atoms with Gasteiger partial charge in [-0.3, -0.25) is 9.59 Å². The van der Waals surface area contributed by atoms with E-state index in [1.165, 1.54) is 0 Å². The maximum atomic E-state index is 12.4. The van der Waals surface area contributed by atoms with Gasteiger partial charge in [0.1, 0.15) is 18.7 Å². The van der Waals surface area contributed by atoms with Gasteiger partial charge in [-0.25, -0.2) is 4.79 Å². The van der Waals surface area contributed by atoms with E-state index in [9.17, 15) is 14.4 Å². The molecule has 0 aliphatic heterocycles. The second kappa shape index (κ2) is 9.54. The van der Waals surface area contributed by atoms with Crippen LogP contribution in [-0.4, -0.2) is 47.2 Å². The first-order valence-electron chi connectivity index (χ1n) is 7.18. The molecule has 0 aliphatic carbocycles. The standard InChI is InChI=1S/C15H21N3O5/c16-8-4-7-11(15(22)23)17-14(21)13(18-12(20)9-19)10-5-2-1-3-6-10/h1-3,5-6,11,13,19H,4,7-9,16H2,(H,17,21)(H,18,20)(H,22,23). The van der Waals surface area contributed by atoms with Crippen molar-refractivity contribution in [2.24, 2.45) is 5.73 Å². The Labute approximate surface area is 133 Å². The lowest BCUT2D eigenvalue weighted by atomic mass is 10.0. The lowest BCUT2D eigenvalue weighted by molar-refractivity contribution is -0.142. The Morgan fingerprint density at radius 3 is 2.30 bits per heavy atom. The van der Waals surface area contributed by atoms with E-state index in [0.717, 1.165) is 0 Å². The molecule has 0 saturated carbocycles. The fraction of sp³-hybridized carbons (Fsp3) is 0.400. The number of carbonyl (C=O) groups is 3. The minimum atomic E-state index is -1.17. The third-order valence-corrected chi connectivity index (χ3v) is 3.16. The number of hydrogen-bond acceptors (Lipinski definition) is 5. The van der Waals surface area contributed by atoms with Gasteiger partial charge in [-0.1, -0.05) is 30.3 Å². The van der Waals surface area contributed by atoms with Crippen molar-refractivity contribution in [1.82, 2.24) is 10.6 Å². The van der Waals surface area contributed by atoms with Crippen LogP contribution in [0.15, 0.2) is 30.3 Å². The van der Waals surface area contributed by atoms with Crippen LogP contribution in [0.2, 0.25) is 0 Å². The maximum absolute atomic E-state index is 12.4. The number of amides is 2. The summed E-state index contributed by atoms with van der Waals surface area (Å²) < 4.78 is 0. The summed E-state index contributed by atoms with van der Waals surface area (Å²) in [7, 11) is 0. The zero-order valence-corrected chi connectivity index (χ0v) is 12.6. The van der Waals surface area contributed by atoms with Crippen LogP contribution in [0.25, 0.3) is 0 Å². The molecule has 0 bridgehead atoms. The van der Waals surface area contributed by atoms with Gasteiger partial charge in [0.15, 0.2) is 0 Å². The predicted octanol–water partition coefficient (Wildman–Crippen LogP) is -0.855. The second-order valence-electron chi connectivity index (χ2n) is 4.90. The van der Waals surface area contributed by atoms with E-state index < -0.39 is 36.5 Å². The molecule has 1 rings (SSSR count). The van der Waals surface area contributed by atoms with Crippen LogP contribution in [0.4, 0.5) is 0 Å². The number of carboxylic acid groups (broad SMARTS) is 1. The fourth-order valence-electron chi connectivity index (χ4n) is 1.99. The highest BCUT2D eigenvalue weighted by Gasteiger charge is 2.27. The molecule has 0 radical (unpaired) electrons. The van der Waals surface area contributed by atoms with Crippen LogP contribution in [0.1, 0.15) is 24.4 Å². The molecule has 0 saturated heterocycles. The molecule has 2 amide bonds. The normalized spacial score (nSPS) is 13.0. The van der Waals surface area contributed by atoms with E-state index in [2.05, 4.69) is 10.6 Å². The maximum Gasteiger partial charge on any atom is 0.326 e. The van der Waals surface area contributed by atoms with Crippen LogP contribution < -0.4 is 16.4 Å². The van der Waals surface area contributed by atoms with E-state index in [0.29, 0.717) is 18.5 Å². The van der Waals surface area contributed by atoms with E-state index in [4.69, 9.17) is 15.9 Å². The molecule has 0 fully saturated rings. The van der Waals surface area contributed by atoms with Crippen molar-refractivity contribution in [3.63, 3.8) is 0 Å². The number of carbonyl (C=O) groups excluding carboxylic acids is 2. The van der Waals surface area contributed by atoms with E-state index in [-0.39, 0.29) is 6.42 Å². The number of aliphatic hydroxyl groups is 1. The van der Waals surface area contributed by atoms with Gasteiger partial charge in [0, 0.05) is 0 Å². The molecule has 23 heavy (non-hydrogen) atoms. The Morgan fingerprint density at radius 1 is 1.13 bits per heavy atom. The van der Waals surface area contributed by atoms with Crippen molar-refractivity contribution in [3.05, 3.63) is 35.9 Å². The molecule has 0 aliphatic rings. The Balaban J connectivity index is 2.90. The number of rotatable bonds is 9. The van der Waals surface area contributed by atoms with Crippen LogP contribution >= 0.6 is 0 Å². The minimum absolute atomic E-state index is 0.188. The largest absolute Gasteiger partial charge is 0.480 e. The van der Waals surface area contributed by atoms with Gasteiger partial charge in [-0.05, 0) is 24.9 Å². The fourth-order valence-corrected chi connectivity index (χ4v) is 1.99. The van der Waals surface area contributed by atoms with E-state index >= 15 is 0 Å². The van der Waals surface area contributed by atoms with Crippen LogP contribution in [0, 0.1) is 0 Å². The van der Waals surface area contributed by atoms with Crippen molar-refractivity contribution in [2.45, 2.75) is 24.9 Å². The molecule has 0 aromatic heterocycles. The third kappa shape index (κ3) is 6.05. The molecule has 126 valence electrons. The van der Waals surface area contributed by atoms with Crippen molar-refractivity contribution >= 4 is 17.8 Å². The highest BCUT2D eigenvalue weighted by atomic mass is 16.4. The SMILES string of the molecule is NCCCC(NC(=O)C(NC(=O)CO)c1ccccc1)C(=O)O. The molecule has 0 heterocycles. The first kappa shape index (κ1) is 18.6. The summed E-state index contributed by atoms with van der Waals surface area (Å²) in [6.45, 7) is -0.463. The number of nitrogens with two attached hydrogens (primary N) is 1. The Kier molecular flexibility index (Phi) is 7.72. The monoisotopic (exact) mass is 323 g/mol. The second-order valence-corrected chi connectivity index (χ2v) is 4.90. The number of hydrogen-bond donors (Lipinski definition) is 5. The van der Waals surface area contributed by atoms with Gasteiger partial charge >= 0.3 is 5.97 Å². The summed E-state index contributed by atoms with van der Waals surface area (Å²) in [5, 5.41) is 22.7. The molecule has 1 aromatic carbocycles. The summed E-state index contributed by atoms with van der Waals surface area (Å²) in [5.41, 5.74) is 5.83. The van der Waals surface area contributed by atoms with E-state index in [1.54, 1.807) is 30.3 Å². The van der Waals surface area contributed by atoms with Crippen molar-refractivity contribution in [3.8, 4) is 0 Å². The van der Waals surface area contributed by atoms with Gasteiger partial charge in [0.25, 0.3) is 0 Å². The molecule has 2 atom stereocenters. The Hall–Kier alpha value is -2.45. The molecular weight excluding hydrogens is 302 g/mol. The van der Waals surface area contributed by atoms with Crippen molar-refractivity contribution in [2.75, 3.05) is 13.2 Å². The van der Waals surface area contributed by atoms with Gasteiger partial charge in [0.2, 0.25) is 11.8 Å². The average molecular weight is 323 g/mol. The zero-order chi connectivity index (χ0) is 17.2. The zero-order valence-electron chi connectivity index (χ0n) is 12.6. The van der Waals surface area contributed by atoms with Crippen LogP contribution in [-0.2, 0) is 14.4 Å².